The zero-order chi connectivity index (χ0) is 20.7. The maximum absolute atomic E-state index is 14.7. The fourth-order valence-electron chi connectivity index (χ4n) is 4.08. The van der Waals surface area contributed by atoms with Crippen molar-refractivity contribution in [2.45, 2.75) is 38.0 Å². The monoisotopic (exact) mass is 398 g/mol. The zero-order valence-electron chi connectivity index (χ0n) is 16.4. The van der Waals surface area contributed by atoms with Crippen molar-refractivity contribution in [3.05, 3.63) is 48.2 Å². The van der Waals surface area contributed by atoms with Crippen molar-refractivity contribution in [1.29, 1.82) is 0 Å². The molecule has 0 saturated carbocycles. The summed E-state index contributed by atoms with van der Waals surface area (Å²) in [5.74, 6) is -1.06. The fourth-order valence-corrected chi connectivity index (χ4v) is 4.08. The highest BCUT2D eigenvalue weighted by molar-refractivity contribution is 6.04. The van der Waals surface area contributed by atoms with Gasteiger partial charge in [0.25, 0.3) is 5.91 Å². The number of fused-ring (bicyclic) bond motifs is 1. The topological polar surface area (TPSA) is 92.2 Å². The van der Waals surface area contributed by atoms with Crippen LogP contribution in [0.25, 0.3) is 11.3 Å². The summed E-state index contributed by atoms with van der Waals surface area (Å²) in [5, 5.41) is 10.2. The number of nitrogens with zero attached hydrogens (tertiary/aromatic N) is 4. The second-order valence-electron chi connectivity index (χ2n) is 7.54. The largest absolute Gasteiger partial charge is 0.335 e. The van der Waals surface area contributed by atoms with Gasteiger partial charge in [-0.2, -0.15) is 5.10 Å². The SMILES string of the molecule is C=CC(=O)N1CC(NC2NC(=O)c3c(-c4cnn(C)c4)ncc(F)c32)CCC1C. The number of carbonyl (C=O) groups is 2. The minimum atomic E-state index is -0.685. The maximum Gasteiger partial charge on any atom is 0.255 e. The summed E-state index contributed by atoms with van der Waals surface area (Å²) in [6.45, 7) is 6.02. The van der Waals surface area contributed by atoms with E-state index in [2.05, 4.69) is 27.3 Å². The van der Waals surface area contributed by atoms with E-state index in [1.54, 1.807) is 29.0 Å². The molecule has 0 aliphatic carbocycles. The molecule has 0 bridgehead atoms. The van der Waals surface area contributed by atoms with Gasteiger partial charge in [-0.15, -0.1) is 0 Å². The van der Waals surface area contributed by atoms with Crippen LogP contribution in [-0.4, -0.2) is 50.1 Å². The van der Waals surface area contributed by atoms with E-state index in [1.807, 2.05) is 6.92 Å². The highest BCUT2D eigenvalue weighted by Gasteiger charge is 2.38. The number of nitrogens with one attached hydrogen (secondary N) is 2. The molecular weight excluding hydrogens is 375 g/mol. The molecular formula is C20H23FN6O2. The van der Waals surface area contributed by atoms with E-state index in [-0.39, 0.29) is 35.0 Å². The Bertz CT molecular complexity index is 987. The van der Waals surface area contributed by atoms with Crippen molar-refractivity contribution in [2.24, 2.45) is 7.05 Å². The lowest BCUT2D eigenvalue weighted by molar-refractivity contribution is -0.129. The molecule has 4 heterocycles. The first kappa shape index (κ1) is 19.3. The number of piperidine rings is 1. The molecule has 3 atom stereocenters. The Morgan fingerprint density at radius 3 is 2.90 bits per heavy atom. The molecule has 2 N–H and O–H groups in total. The van der Waals surface area contributed by atoms with E-state index in [9.17, 15) is 14.0 Å². The second-order valence-corrected chi connectivity index (χ2v) is 7.54. The number of hydrogen-bond acceptors (Lipinski definition) is 5. The molecule has 2 aliphatic heterocycles. The Balaban J connectivity index is 1.62. The Morgan fingerprint density at radius 2 is 2.21 bits per heavy atom. The van der Waals surface area contributed by atoms with Crippen molar-refractivity contribution in [1.82, 2.24) is 30.3 Å². The van der Waals surface area contributed by atoms with Gasteiger partial charge in [-0.05, 0) is 25.8 Å². The van der Waals surface area contributed by atoms with E-state index in [4.69, 9.17) is 0 Å². The summed E-state index contributed by atoms with van der Waals surface area (Å²) in [6.07, 6.45) is 6.70. The molecule has 0 radical (unpaired) electrons. The minimum Gasteiger partial charge on any atom is -0.335 e. The third kappa shape index (κ3) is 3.42. The predicted octanol–water partition coefficient (Wildman–Crippen LogP) is 1.52. The van der Waals surface area contributed by atoms with Crippen molar-refractivity contribution < 1.29 is 14.0 Å². The molecule has 3 unspecified atom stereocenters. The number of carbonyl (C=O) groups excluding carboxylic acids is 2. The lowest BCUT2D eigenvalue weighted by Gasteiger charge is -2.38. The molecule has 2 amide bonds. The Kier molecular flexibility index (Phi) is 4.91. The first-order valence-electron chi connectivity index (χ1n) is 9.56. The smallest absolute Gasteiger partial charge is 0.255 e. The quantitative estimate of drug-likeness (QED) is 0.762. The van der Waals surface area contributed by atoms with Crippen LogP contribution < -0.4 is 10.6 Å². The van der Waals surface area contributed by atoms with Gasteiger partial charge in [0.2, 0.25) is 5.91 Å². The van der Waals surface area contributed by atoms with Crippen LogP contribution in [0.1, 0.15) is 41.9 Å². The summed E-state index contributed by atoms with van der Waals surface area (Å²) in [4.78, 5) is 30.7. The third-order valence-electron chi connectivity index (χ3n) is 5.58. The average Bonchev–Trinajstić information content (AvgIpc) is 3.27. The molecule has 152 valence electrons. The molecule has 2 aromatic heterocycles. The van der Waals surface area contributed by atoms with Gasteiger partial charge in [-0.1, -0.05) is 6.58 Å². The summed E-state index contributed by atoms with van der Waals surface area (Å²) < 4.78 is 16.3. The van der Waals surface area contributed by atoms with Crippen LogP contribution in [0.3, 0.4) is 0 Å². The van der Waals surface area contributed by atoms with E-state index in [1.165, 1.54) is 6.08 Å². The molecule has 0 aromatic carbocycles. The Labute approximate surface area is 167 Å². The number of aromatic nitrogens is 3. The highest BCUT2D eigenvalue weighted by atomic mass is 19.1. The van der Waals surface area contributed by atoms with Crippen LogP contribution in [0.15, 0.2) is 31.2 Å². The number of amides is 2. The van der Waals surface area contributed by atoms with Crippen molar-refractivity contribution in [2.75, 3.05) is 6.54 Å². The fraction of sp³-hybridized carbons (Fsp3) is 0.400. The van der Waals surface area contributed by atoms with E-state index in [0.717, 1.165) is 19.0 Å². The zero-order valence-corrected chi connectivity index (χ0v) is 16.4. The van der Waals surface area contributed by atoms with E-state index < -0.39 is 12.0 Å². The molecule has 4 rings (SSSR count). The van der Waals surface area contributed by atoms with Crippen LogP contribution in [0, 0.1) is 5.82 Å². The van der Waals surface area contributed by atoms with Gasteiger partial charge in [0, 0.05) is 43.0 Å². The standard InChI is InChI=1S/C20H23FN6O2/c1-4-15(28)27-10-13(6-5-11(27)2)24-19-16-14(21)8-22-18(17(16)20(29)25-19)12-7-23-26(3)9-12/h4,7-9,11,13,19,24H,1,5-6,10H2,2-3H3,(H,25,29). The van der Waals surface area contributed by atoms with E-state index in [0.29, 0.717) is 17.8 Å². The van der Waals surface area contributed by atoms with Gasteiger partial charge in [-0.3, -0.25) is 24.6 Å². The van der Waals surface area contributed by atoms with Gasteiger partial charge < -0.3 is 10.2 Å². The third-order valence-corrected chi connectivity index (χ3v) is 5.58. The summed E-state index contributed by atoms with van der Waals surface area (Å²) in [7, 11) is 1.76. The number of rotatable bonds is 4. The molecule has 29 heavy (non-hydrogen) atoms. The molecule has 1 saturated heterocycles. The average molecular weight is 398 g/mol. The second kappa shape index (κ2) is 7.40. The highest BCUT2D eigenvalue weighted by Crippen LogP contribution is 2.33. The van der Waals surface area contributed by atoms with Crippen molar-refractivity contribution >= 4 is 11.8 Å². The minimum absolute atomic E-state index is 0.0826. The summed E-state index contributed by atoms with van der Waals surface area (Å²) >= 11 is 0. The van der Waals surface area contributed by atoms with Crippen LogP contribution >= 0.6 is 0 Å². The van der Waals surface area contributed by atoms with Gasteiger partial charge >= 0.3 is 0 Å². The molecule has 2 aromatic rings. The number of halogens is 1. The molecule has 0 spiro atoms. The predicted molar refractivity (Wildman–Crippen MR) is 104 cm³/mol. The summed E-state index contributed by atoms with van der Waals surface area (Å²) in [6, 6.07) is 0.0304. The molecule has 1 fully saturated rings. The lowest BCUT2D eigenvalue weighted by Crippen LogP contribution is -2.53. The van der Waals surface area contributed by atoms with Gasteiger partial charge in [0.05, 0.1) is 23.7 Å². The van der Waals surface area contributed by atoms with Gasteiger partial charge in [0.15, 0.2) is 0 Å². The normalized spacial score (nSPS) is 23.6. The van der Waals surface area contributed by atoms with Gasteiger partial charge in [0.1, 0.15) is 12.0 Å². The Hall–Kier alpha value is -3.07. The maximum atomic E-state index is 14.7. The molecule has 8 nitrogen and oxygen atoms in total. The van der Waals surface area contributed by atoms with Crippen LogP contribution in [0.2, 0.25) is 0 Å². The number of aryl methyl sites for hydroxylation is 1. The number of likely N-dealkylation sites (tertiary alicyclic amines) is 1. The van der Waals surface area contributed by atoms with Crippen LogP contribution in [0.4, 0.5) is 4.39 Å². The van der Waals surface area contributed by atoms with Crippen molar-refractivity contribution in [3.8, 4) is 11.3 Å². The van der Waals surface area contributed by atoms with Crippen molar-refractivity contribution in [3.63, 3.8) is 0 Å². The van der Waals surface area contributed by atoms with Gasteiger partial charge in [-0.25, -0.2) is 4.39 Å². The number of hydrogen-bond donors (Lipinski definition) is 2. The number of pyridine rings is 1. The first-order chi connectivity index (χ1) is 13.9. The summed E-state index contributed by atoms with van der Waals surface area (Å²) in [5.41, 5.74) is 1.52. The van der Waals surface area contributed by atoms with Crippen LogP contribution in [-0.2, 0) is 11.8 Å². The van der Waals surface area contributed by atoms with E-state index >= 15 is 0 Å². The van der Waals surface area contributed by atoms with Crippen LogP contribution in [0.5, 0.6) is 0 Å². The molecule has 9 heteroatoms. The lowest BCUT2D eigenvalue weighted by atomic mass is 9.98. The molecule has 2 aliphatic rings. The first-order valence-corrected chi connectivity index (χ1v) is 9.56. The Morgan fingerprint density at radius 1 is 1.41 bits per heavy atom.